The molecule has 5 aromatic rings. The van der Waals surface area contributed by atoms with Crippen molar-refractivity contribution in [3.05, 3.63) is 76.8 Å². The number of para-hydroxylation sites is 2. The largest absolute Gasteiger partial charge is 0.455 e. The maximum absolute atomic E-state index is 6.32. The minimum atomic E-state index is 0.299. The zero-order valence-electron chi connectivity index (χ0n) is 19.3. The van der Waals surface area contributed by atoms with Gasteiger partial charge in [0.05, 0.1) is 22.0 Å². The molecular weight excluding hydrogens is 504 g/mol. The Kier molecular flexibility index (Phi) is 5.74. The first kappa shape index (κ1) is 21.9. The molecule has 3 heterocycles. The summed E-state index contributed by atoms with van der Waals surface area (Å²) >= 11 is 3.82. The van der Waals surface area contributed by atoms with E-state index in [2.05, 4.69) is 96.2 Å². The van der Waals surface area contributed by atoms with Crippen LogP contribution in [0.4, 0.5) is 11.4 Å². The van der Waals surface area contributed by atoms with Crippen LogP contribution in [0.25, 0.3) is 33.7 Å². The fourth-order valence-corrected chi connectivity index (χ4v) is 5.43. The second-order valence-electron chi connectivity index (χ2n) is 8.80. The van der Waals surface area contributed by atoms with Crippen LogP contribution in [-0.2, 0) is 6.54 Å². The molecule has 0 radical (unpaired) electrons. The number of anilines is 2. The van der Waals surface area contributed by atoms with Gasteiger partial charge < -0.3 is 14.6 Å². The number of unbranched alkanes of at least 4 members (excludes halogenated alkanes) is 1. The van der Waals surface area contributed by atoms with Gasteiger partial charge in [0.1, 0.15) is 11.3 Å². The van der Waals surface area contributed by atoms with Gasteiger partial charge in [-0.05, 0) is 63.8 Å². The third-order valence-corrected chi connectivity index (χ3v) is 7.33. The number of aromatic nitrogens is 4. The van der Waals surface area contributed by atoms with Crippen LogP contribution in [0.15, 0.2) is 75.6 Å². The Morgan fingerprint density at radius 2 is 1.86 bits per heavy atom. The Morgan fingerprint density at radius 1 is 1.03 bits per heavy atom. The van der Waals surface area contributed by atoms with E-state index < -0.39 is 0 Å². The highest BCUT2D eigenvalue weighted by atomic mass is 79.9. The van der Waals surface area contributed by atoms with Crippen molar-refractivity contribution >= 4 is 38.3 Å². The van der Waals surface area contributed by atoms with Gasteiger partial charge >= 0.3 is 0 Å². The molecule has 2 N–H and O–H groups in total. The van der Waals surface area contributed by atoms with Gasteiger partial charge in [-0.1, -0.05) is 55.8 Å². The van der Waals surface area contributed by atoms with Crippen LogP contribution < -0.4 is 10.2 Å². The summed E-state index contributed by atoms with van der Waals surface area (Å²) in [6.45, 7) is 3.06. The Bertz CT molecular complexity index is 1480. The lowest BCUT2D eigenvalue weighted by Gasteiger charge is -2.27. The number of hydrogen-bond acceptors (Lipinski definition) is 6. The maximum atomic E-state index is 6.32. The van der Waals surface area contributed by atoms with E-state index in [1.165, 1.54) is 29.8 Å². The molecule has 0 saturated heterocycles. The molecule has 176 valence electrons. The van der Waals surface area contributed by atoms with Crippen LogP contribution in [-0.4, -0.2) is 26.8 Å². The van der Waals surface area contributed by atoms with Gasteiger partial charge in [0.25, 0.3) is 0 Å². The molecule has 3 aromatic carbocycles. The number of aromatic amines is 1. The van der Waals surface area contributed by atoms with Crippen molar-refractivity contribution in [3.8, 4) is 22.7 Å². The second-order valence-corrected chi connectivity index (χ2v) is 9.60. The number of benzene rings is 3. The van der Waals surface area contributed by atoms with E-state index in [1.807, 2.05) is 24.3 Å². The third kappa shape index (κ3) is 3.97. The van der Waals surface area contributed by atoms with E-state index in [1.54, 1.807) is 0 Å². The molecule has 0 aliphatic carbocycles. The lowest BCUT2D eigenvalue weighted by Crippen LogP contribution is -2.35. The van der Waals surface area contributed by atoms with Crippen molar-refractivity contribution in [3.63, 3.8) is 0 Å². The summed E-state index contributed by atoms with van der Waals surface area (Å²) in [5.74, 6) is 1.29. The van der Waals surface area contributed by atoms with Gasteiger partial charge in [0.15, 0.2) is 0 Å². The molecule has 0 saturated carbocycles. The average molecular weight is 529 g/mol. The predicted octanol–water partition coefficient (Wildman–Crippen LogP) is 6.99. The molecule has 1 aliphatic heterocycles. The summed E-state index contributed by atoms with van der Waals surface area (Å²) in [6, 6.07) is 22.9. The average Bonchev–Trinajstić information content (AvgIpc) is 3.62. The summed E-state index contributed by atoms with van der Waals surface area (Å²) in [5.41, 5.74) is 6.31. The van der Waals surface area contributed by atoms with Crippen molar-refractivity contribution in [1.82, 2.24) is 20.6 Å². The fourth-order valence-electron chi connectivity index (χ4n) is 4.83. The summed E-state index contributed by atoms with van der Waals surface area (Å²) in [5, 5.41) is 19.3. The van der Waals surface area contributed by atoms with Gasteiger partial charge in [-0.25, -0.2) is 0 Å². The summed E-state index contributed by atoms with van der Waals surface area (Å²) in [7, 11) is 0. The minimum absolute atomic E-state index is 0.299. The number of fused-ring (bicyclic) bond motifs is 2. The smallest absolute Gasteiger partial charge is 0.205 e. The molecule has 0 spiro atoms. The first-order chi connectivity index (χ1) is 17.2. The van der Waals surface area contributed by atoms with Crippen LogP contribution in [0, 0.1) is 0 Å². The first-order valence-electron chi connectivity index (χ1n) is 11.9. The molecule has 1 atom stereocenters. The Labute approximate surface area is 211 Å². The highest BCUT2D eigenvalue weighted by Crippen LogP contribution is 2.42. The van der Waals surface area contributed by atoms with Crippen LogP contribution in [0.2, 0.25) is 0 Å². The molecule has 0 fully saturated rings. The first-order valence-corrected chi connectivity index (χ1v) is 12.7. The number of nitrogens with zero attached hydrogens (tertiary/aromatic N) is 4. The number of H-pyrrole nitrogens is 1. The summed E-state index contributed by atoms with van der Waals surface area (Å²) in [6.07, 6.45) is 3.79. The molecule has 1 aliphatic rings. The van der Waals surface area contributed by atoms with Crippen LogP contribution in [0.5, 0.6) is 0 Å². The van der Waals surface area contributed by atoms with E-state index in [-0.39, 0.29) is 0 Å². The molecule has 2 aromatic heterocycles. The maximum Gasteiger partial charge on any atom is 0.205 e. The molecule has 1 unspecified atom stereocenters. The predicted molar refractivity (Wildman–Crippen MR) is 142 cm³/mol. The van der Waals surface area contributed by atoms with E-state index in [4.69, 9.17) is 4.42 Å². The molecule has 6 rings (SSSR count). The normalized spacial score (nSPS) is 14.9. The Hall–Kier alpha value is -3.65. The van der Waals surface area contributed by atoms with Crippen molar-refractivity contribution in [1.29, 1.82) is 0 Å². The Morgan fingerprint density at radius 3 is 2.69 bits per heavy atom. The Balaban J connectivity index is 1.36. The van der Waals surface area contributed by atoms with Crippen molar-refractivity contribution in [2.24, 2.45) is 0 Å². The number of furan rings is 1. The van der Waals surface area contributed by atoms with Crippen molar-refractivity contribution in [2.75, 3.05) is 10.2 Å². The molecule has 0 bridgehead atoms. The quantitative estimate of drug-likeness (QED) is 0.237. The number of tetrazole rings is 1. The van der Waals surface area contributed by atoms with Crippen LogP contribution in [0.1, 0.15) is 31.7 Å². The molecule has 8 heteroatoms. The summed E-state index contributed by atoms with van der Waals surface area (Å²) < 4.78 is 7.24. The van der Waals surface area contributed by atoms with E-state index in [0.29, 0.717) is 12.0 Å². The monoisotopic (exact) mass is 528 g/mol. The molecule has 35 heavy (non-hydrogen) atoms. The third-order valence-electron chi connectivity index (χ3n) is 6.55. The van der Waals surface area contributed by atoms with E-state index in [0.717, 1.165) is 45.3 Å². The zero-order chi connectivity index (χ0) is 23.8. The molecule has 7 nitrogen and oxygen atoms in total. The van der Waals surface area contributed by atoms with Crippen molar-refractivity contribution in [2.45, 2.75) is 38.9 Å². The lowest BCUT2D eigenvalue weighted by molar-refractivity contribution is 0.584. The van der Waals surface area contributed by atoms with Crippen LogP contribution >= 0.6 is 15.9 Å². The number of halogens is 1. The minimum Gasteiger partial charge on any atom is -0.455 e. The zero-order valence-corrected chi connectivity index (χ0v) is 20.9. The van der Waals surface area contributed by atoms with E-state index in [9.17, 15) is 0 Å². The summed E-state index contributed by atoms with van der Waals surface area (Å²) in [4.78, 5) is 2.48. The fraction of sp³-hybridized carbons (Fsp3) is 0.222. The van der Waals surface area contributed by atoms with E-state index >= 15 is 0 Å². The SMILES string of the molecule is CCCCC1Nc2ccccc2N1Cc1ccc2oc(-c3ccccc3-c3nn[nH]n3)c(Br)c2c1. The number of nitrogens with one attached hydrogen (secondary N) is 2. The molecule has 0 amide bonds. The highest BCUT2D eigenvalue weighted by molar-refractivity contribution is 9.10. The van der Waals surface area contributed by atoms with Crippen molar-refractivity contribution < 1.29 is 4.42 Å². The van der Waals surface area contributed by atoms with Gasteiger partial charge in [0, 0.05) is 23.1 Å². The highest BCUT2D eigenvalue weighted by Gasteiger charge is 2.28. The standard InChI is InChI=1S/C27H25BrN6O/c1-2-3-12-24-29-21-10-6-7-11-22(21)34(24)16-17-13-14-23-20(15-17)25(28)26(35-23)18-8-4-5-9-19(18)27-30-32-33-31-27/h4-11,13-15,24,29H,2-3,12,16H2,1H3,(H,30,31,32,33). The van der Waals surface area contributed by atoms with Gasteiger partial charge in [-0.2, -0.15) is 5.21 Å². The number of rotatable bonds is 7. The second kappa shape index (κ2) is 9.19. The topological polar surface area (TPSA) is 82.9 Å². The number of hydrogen-bond donors (Lipinski definition) is 2. The van der Waals surface area contributed by atoms with Gasteiger partial charge in [0.2, 0.25) is 5.82 Å². The van der Waals surface area contributed by atoms with Gasteiger partial charge in [-0.15, -0.1) is 10.2 Å². The lowest BCUT2D eigenvalue weighted by atomic mass is 10.0. The molecular formula is C27H25BrN6O. The van der Waals surface area contributed by atoms with Gasteiger partial charge in [-0.3, -0.25) is 0 Å². The van der Waals surface area contributed by atoms with Crippen LogP contribution in [0.3, 0.4) is 0 Å².